The lowest BCUT2D eigenvalue weighted by Crippen LogP contribution is -2.07. The smallest absolute Gasteiger partial charge is 0.301 e. The molecule has 0 aliphatic carbocycles. The molecule has 0 aliphatic rings. The lowest BCUT2D eigenvalue weighted by Gasteiger charge is -2.13. The Balaban J connectivity index is 2.27. The van der Waals surface area contributed by atoms with E-state index in [-0.39, 0.29) is 33.2 Å². The van der Waals surface area contributed by atoms with Crippen LogP contribution in [0.1, 0.15) is 11.1 Å². The molecule has 1 unspecified atom stereocenters. The number of hydrogen-bond donors (Lipinski definition) is 1. The molecule has 0 saturated heterocycles. The van der Waals surface area contributed by atoms with Crippen molar-refractivity contribution in [3.05, 3.63) is 65.2 Å². The minimum Gasteiger partial charge on any atom is -0.301 e. The number of aromatic nitrogens is 2. The van der Waals surface area contributed by atoms with Gasteiger partial charge in [0, 0.05) is 17.2 Å². The molecule has 2 aromatic carbocycles. The molecule has 146 valence electrons. The number of alkyl halides is 3. The Morgan fingerprint density at radius 1 is 1.04 bits per heavy atom. The van der Waals surface area contributed by atoms with E-state index < -0.39 is 34.5 Å². The Bertz CT molecular complexity index is 1090. The highest BCUT2D eigenvalue weighted by molar-refractivity contribution is 7.79. The van der Waals surface area contributed by atoms with Crippen molar-refractivity contribution in [2.75, 3.05) is 0 Å². The summed E-state index contributed by atoms with van der Waals surface area (Å²) in [6.45, 7) is 1.36. The highest BCUT2D eigenvalue weighted by Crippen LogP contribution is 2.34. The molecule has 4 nitrogen and oxygen atoms in total. The highest BCUT2D eigenvalue weighted by atomic mass is 32.2. The molecule has 0 radical (unpaired) electrons. The molecule has 1 atom stereocenters. The zero-order valence-corrected chi connectivity index (χ0v) is 14.9. The SMILES string of the molecule is Cc1c(-c2cccc(C(F)(F)F)c2)nc(-c2ccc(F)cc2F)nc1S(=O)O. The number of hydrogen-bond acceptors (Lipinski definition) is 3. The molecule has 0 saturated carbocycles. The Labute approximate surface area is 158 Å². The van der Waals surface area contributed by atoms with E-state index in [9.17, 15) is 30.7 Å². The summed E-state index contributed by atoms with van der Waals surface area (Å²) in [5, 5.41) is -0.388. The molecule has 1 aromatic heterocycles. The molecule has 28 heavy (non-hydrogen) atoms. The molecule has 3 rings (SSSR count). The van der Waals surface area contributed by atoms with Crippen LogP contribution < -0.4 is 0 Å². The summed E-state index contributed by atoms with van der Waals surface area (Å²) in [5.74, 6) is -2.22. The maximum Gasteiger partial charge on any atom is 0.416 e. The van der Waals surface area contributed by atoms with Gasteiger partial charge in [0.1, 0.15) is 11.6 Å². The highest BCUT2D eigenvalue weighted by Gasteiger charge is 2.31. The summed E-state index contributed by atoms with van der Waals surface area (Å²) in [6, 6.07) is 6.75. The van der Waals surface area contributed by atoms with Crippen LogP contribution in [0.3, 0.4) is 0 Å². The summed E-state index contributed by atoms with van der Waals surface area (Å²) in [5.41, 5.74) is -1.21. The van der Waals surface area contributed by atoms with Crippen LogP contribution in [0, 0.1) is 18.6 Å². The van der Waals surface area contributed by atoms with Crippen molar-refractivity contribution in [2.24, 2.45) is 0 Å². The molecule has 10 heteroatoms. The van der Waals surface area contributed by atoms with Gasteiger partial charge in [0.15, 0.2) is 10.9 Å². The van der Waals surface area contributed by atoms with E-state index >= 15 is 0 Å². The second-order valence-electron chi connectivity index (χ2n) is 5.78. The van der Waals surface area contributed by atoms with Crippen LogP contribution in [-0.4, -0.2) is 18.7 Å². The van der Waals surface area contributed by atoms with Crippen molar-refractivity contribution >= 4 is 11.1 Å². The van der Waals surface area contributed by atoms with Crippen LogP contribution in [0.15, 0.2) is 47.5 Å². The molecule has 3 aromatic rings. The van der Waals surface area contributed by atoms with Crippen LogP contribution >= 0.6 is 0 Å². The van der Waals surface area contributed by atoms with Crippen molar-refractivity contribution in [1.29, 1.82) is 0 Å². The number of nitrogens with zero attached hydrogens (tertiary/aromatic N) is 2. The molecule has 0 fully saturated rings. The first-order valence-corrected chi connectivity index (χ1v) is 8.81. The third-order valence-corrected chi connectivity index (χ3v) is 4.63. The third kappa shape index (κ3) is 3.92. The summed E-state index contributed by atoms with van der Waals surface area (Å²) in [6.07, 6.45) is -4.61. The fourth-order valence-corrected chi connectivity index (χ4v) is 3.10. The van der Waals surface area contributed by atoms with Gasteiger partial charge in [-0.05, 0) is 31.2 Å². The van der Waals surface area contributed by atoms with Crippen molar-refractivity contribution in [1.82, 2.24) is 9.97 Å². The van der Waals surface area contributed by atoms with Gasteiger partial charge >= 0.3 is 6.18 Å². The average molecular weight is 414 g/mol. The molecule has 0 amide bonds. The molecule has 0 aliphatic heterocycles. The number of halogens is 5. The molecule has 0 spiro atoms. The summed E-state index contributed by atoms with van der Waals surface area (Å²) < 4.78 is 87.5. The fourth-order valence-electron chi connectivity index (χ4n) is 2.58. The zero-order chi connectivity index (χ0) is 20.6. The normalized spacial score (nSPS) is 12.8. The van der Waals surface area contributed by atoms with Crippen LogP contribution in [0.25, 0.3) is 22.6 Å². The zero-order valence-electron chi connectivity index (χ0n) is 14.1. The summed E-state index contributed by atoms with van der Waals surface area (Å²) in [7, 11) is 0. The summed E-state index contributed by atoms with van der Waals surface area (Å²) >= 11 is -2.61. The van der Waals surface area contributed by atoms with Gasteiger partial charge in [-0.1, -0.05) is 12.1 Å². The maximum absolute atomic E-state index is 14.1. The molecule has 1 heterocycles. The first-order chi connectivity index (χ1) is 13.1. The monoisotopic (exact) mass is 414 g/mol. The second kappa shape index (κ2) is 7.36. The first-order valence-electron chi connectivity index (χ1n) is 7.70. The minimum atomic E-state index is -4.61. The number of benzene rings is 2. The van der Waals surface area contributed by atoms with E-state index in [1.54, 1.807) is 0 Å². The van der Waals surface area contributed by atoms with E-state index in [4.69, 9.17) is 0 Å². The van der Waals surface area contributed by atoms with Crippen LogP contribution in [-0.2, 0) is 17.3 Å². The van der Waals surface area contributed by atoms with Crippen molar-refractivity contribution in [3.8, 4) is 22.6 Å². The summed E-state index contributed by atoms with van der Waals surface area (Å²) in [4.78, 5) is 7.93. The topological polar surface area (TPSA) is 63.1 Å². The largest absolute Gasteiger partial charge is 0.416 e. The third-order valence-electron chi connectivity index (χ3n) is 3.90. The van der Waals surface area contributed by atoms with Gasteiger partial charge in [0.05, 0.1) is 16.8 Å². The minimum absolute atomic E-state index is 0.00481. The standard InChI is InChI=1S/C18H11F5N2O2S/c1-9-15(10-3-2-4-11(7-10)18(21,22)23)24-16(25-17(9)28(26)27)13-6-5-12(19)8-14(13)20/h2-8H,1H3,(H,26,27). The second-order valence-corrected chi connectivity index (χ2v) is 6.66. The van der Waals surface area contributed by atoms with Crippen LogP contribution in [0.4, 0.5) is 22.0 Å². The van der Waals surface area contributed by atoms with Crippen molar-refractivity contribution in [3.63, 3.8) is 0 Å². The lowest BCUT2D eigenvalue weighted by atomic mass is 10.0. The maximum atomic E-state index is 14.1. The van der Waals surface area contributed by atoms with Gasteiger partial charge in [-0.3, -0.25) is 0 Å². The van der Waals surface area contributed by atoms with E-state index in [1.807, 2.05) is 0 Å². The van der Waals surface area contributed by atoms with E-state index in [0.29, 0.717) is 6.07 Å². The molecular formula is C18H11F5N2O2S. The average Bonchev–Trinajstić information content (AvgIpc) is 2.61. The van der Waals surface area contributed by atoms with Gasteiger partial charge in [-0.25, -0.2) is 23.0 Å². The quantitative estimate of drug-likeness (QED) is 0.372. The molecule has 0 bridgehead atoms. The van der Waals surface area contributed by atoms with Gasteiger partial charge in [-0.2, -0.15) is 13.2 Å². The van der Waals surface area contributed by atoms with Gasteiger partial charge in [0.25, 0.3) is 0 Å². The molecule has 1 N–H and O–H groups in total. The lowest BCUT2D eigenvalue weighted by molar-refractivity contribution is -0.137. The van der Waals surface area contributed by atoms with E-state index in [2.05, 4.69) is 9.97 Å². The fraction of sp³-hybridized carbons (Fsp3) is 0.111. The van der Waals surface area contributed by atoms with Crippen molar-refractivity contribution in [2.45, 2.75) is 18.1 Å². The Hall–Kier alpha value is -2.72. The predicted molar refractivity (Wildman–Crippen MR) is 91.6 cm³/mol. The van der Waals surface area contributed by atoms with Gasteiger partial charge in [-0.15, -0.1) is 0 Å². The van der Waals surface area contributed by atoms with Crippen molar-refractivity contribution < 1.29 is 30.7 Å². The van der Waals surface area contributed by atoms with E-state index in [0.717, 1.165) is 30.3 Å². The number of rotatable bonds is 3. The van der Waals surface area contributed by atoms with E-state index in [1.165, 1.54) is 13.0 Å². The first kappa shape index (κ1) is 20.0. The Morgan fingerprint density at radius 3 is 2.36 bits per heavy atom. The van der Waals surface area contributed by atoms with Crippen LogP contribution in [0.5, 0.6) is 0 Å². The van der Waals surface area contributed by atoms with Crippen LogP contribution in [0.2, 0.25) is 0 Å². The predicted octanol–water partition coefficient (Wildman–Crippen LogP) is 5.00. The molecular weight excluding hydrogens is 403 g/mol. The Kier molecular flexibility index (Phi) is 5.26. The Morgan fingerprint density at radius 2 is 1.75 bits per heavy atom. The van der Waals surface area contributed by atoms with Gasteiger partial charge < -0.3 is 4.55 Å². The van der Waals surface area contributed by atoms with Gasteiger partial charge in [0.2, 0.25) is 11.1 Å².